The van der Waals surface area contributed by atoms with Gasteiger partial charge in [-0.2, -0.15) is 10.2 Å². The van der Waals surface area contributed by atoms with Crippen LogP contribution < -0.4 is 11.2 Å². The number of nitrogens with two attached hydrogens (primary N) is 1. The van der Waals surface area contributed by atoms with Gasteiger partial charge in [-0.3, -0.25) is 0 Å². The first-order valence-corrected chi connectivity index (χ1v) is 13.6. The van der Waals surface area contributed by atoms with Crippen molar-refractivity contribution >= 4 is 41.7 Å². The molecule has 5 heteroatoms. The molecule has 0 bridgehead atoms. The maximum Gasteiger partial charge on any atom is 0.234 e. The Hall–Kier alpha value is -5.03. The predicted octanol–water partition coefficient (Wildman–Crippen LogP) is 8.40. The van der Waals surface area contributed by atoms with E-state index in [1.54, 1.807) is 12.4 Å². The Morgan fingerprint density at radius 2 is 0.925 bits per heavy atom. The quantitative estimate of drug-likeness (QED) is 0.104. The topological polar surface area (TPSA) is 75.1 Å². The Morgan fingerprint density at radius 3 is 1.35 bits per heavy atom. The Kier molecular flexibility index (Phi) is 14.9. The molecule has 204 valence electrons. The van der Waals surface area contributed by atoms with Crippen molar-refractivity contribution in [1.29, 1.82) is 0 Å². The minimum absolute atomic E-state index is 0.0849. The lowest BCUT2D eigenvalue weighted by atomic mass is 10.0. The third-order valence-electron chi connectivity index (χ3n) is 5.20. The number of hydrazone groups is 1. The maximum atomic E-state index is 6.00. The number of nitrogens with zero attached hydrogens (tertiary/aromatic N) is 3. The average Bonchev–Trinajstić information content (AvgIpc) is 3.04. The molecule has 4 aromatic carbocycles. The molecule has 0 aliphatic heterocycles. The van der Waals surface area contributed by atoms with Crippen LogP contribution in [0.3, 0.4) is 0 Å². The first kappa shape index (κ1) is 31.2. The number of guanidine groups is 1. The van der Waals surface area contributed by atoms with Crippen LogP contribution in [0.2, 0.25) is 0 Å². The van der Waals surface area contributed by atoms with Gasteiger partial charge in [0, 0.05) is 11.1 Å². The molecule has 0 aliphatic carbocycles. The highest BCUT2D eigenvalue weighted by atomic mass is 15.4. The molecule has 0 fully saturated rings. The average molecular weight is 530 g/mol. The fourth-order valence-corrected chi connectivity index (χ4v) is 3.45. The van der Waals surface area contributed by atoms with Crippen LogP contribution in [0.5, 0.6) is 0 Å². The SMILES string of the molecule is CC.CC.N\C(=N/N=C/C(=C/c1ccccc1)c1ccccc1)N/N=C/C(=C/c1ccccc1)c1ccccc1. The monoisotopic (exact) mass is 529 g/mol. The van der Waals surface area contributed by atoms with Crippen molar-refractivity contribution in [3.63, 3.8) is 0 Å². The lowest BCUT2D eigenvalue weighted by molar-refractivity contribution is 0.996. The second-order valence-corrected chi connectivity index (χ2v) is 7.85. The first-order chi connectivity index (χ1) is 19.8. The van der Waals surface area contributed by atoms with E-state index < -0.39 is 0 Å². The van der Waals surface area contributed by atoms with Gasteiger partial charge < -0.3 is 5.73 Å². The third kappa shape index (κ3) is 11.2. The van der Waals surface area contributed by atoms with Gasteiger partial charge in [0.05, 0.1) is 12.4 Å². The van der Waals surface area contributed by atoms with E-state index in [0.29, 0.717) is 0 Å². The van der Waals surface area contributed by atoms with E-state index in [9.17, 15) is 0 Å². The fourth-order valence-electron chi connectivity index (χ4n) is 3.45. The Morgan fingerprint density at radius 1 is 0.550 bits per heavy atom. The van der Waals surface area contributed by atoms with E-state index in [1.807, 2.05) is 149 Å². The molecule has 0 unspecified atom stereocenters. The molecule has 0 amide bonds. The van der Waals surface area contributed by atoms with Crippen molar-refractivity contribution in [2.45, 2.75) is 27.7 Å². The van der Waals surface area contributed by atoms with E-state index in [-0.39, 0.29) is 5.96 Å². The number of rotatable bonds is 8. The van der Waals surface area contributed by atoms with Crippen molar-refractivity contribution in [2.24, 2.45) is 21.0 Å². The molecule has 0 saturated heterocycles. The molecule has 0 aliphatic rings. The number of hydrogen-bond donors (Lipinski definition) is 2. The lowest BCUT2D eigenvalue weighted by Gasteiger charge is -2.04. The molecule has 0 spiro atoms. The molecule has 0 radical (unpaired) electrons. The largest absolute Gasteiger partial charge is 0.367 e. The second-order valence-electron chi connectivity index (χ2n) is 7.85. The summed E-state index contributed by atoms with van der Waals surface area (Å²) in [4.78, 5) is 0. The molecule has 0 heterocycles. The molecular formula is C35H39N5. The van der Waals surface area contributed by atoms with E-state index in [0.717, 1.165) is 33.4 Å². The van der Waals surface area contributed by atoms with Gasteiger partial charge >= 0.3 is 0 Å². The smallest absolute Gasteiger partial charge is 0.234 e. The highest BCUT2D eigenvalue weighted by Crippen LogP contribution is 2.17. The highest BCUT2D eigenvalue weighted by Gasteiger charge is 2.00. The van der Waals surface area contributed by atoms with Gasteiger partial charge in [-0.05, 0) is 34.4 Å². The van der Waals surface area contributed by atoms with Crippen molar-refractivity contribution in [3.05, 3.63) is 144 Å². The number of allylic oxidation sites excluding steroid dienone is 2. The highest BCUT2D eigenvalue weighted by molar-refractivity contribution is 6.16. The van der Waals surface area contributed by atoms with Gasteiger partial charge in [0.25, 0.3) is 0 Å². The molecule has 40 heavy (non-hydrogen) atoms. The van der Waals surface area contributed by atoms with Crippen molar-refractivity contribution < 1.29 is 0 Å². The third-order valence-corrected chi connectivity index (χ3v) is 5.20. The summed E-state index contributed by atoms with van der Waals surface area (Å²) in [5, 5.41) is 12.5. The molecule has 4 aromatic rings. The molecule has 3 N–H and O–H groups in total. The summed E-state index contributed by atoms with van der Waals surface area (Å²) in [7, 11) is 0. The van der Waals surface area contributed by atoms with Gasteiger partial charge in [0.2, 0.25) is 5.96 Å². The molecule has 4 rings (SSSR count). The Bertz CT molecular complexity index is 1370. The molecule has 0 saturated carbocycles. The first-order valence-electron chi connectivity index (χ1n) is 13.6. The lowest BCUT2D eigenvalue weighted by Crippen LogP contribution is -2.26. The van der Waals surface area contributed by atoms with Gasteiger partial charge in [-0.25, -0.2) is 5.43 Å². The van der Waals surface area contributed by atoms with Crippen LogP contribution in [0.1, 0.15) is 49.9 Å². The van der Waals surface area contributed by atoms with E-state index in [1.165, 1.54) is 0 Å². The van der Waals surface area contributed by atoms with Gasteiger partial charge in [-0.15, -0.1) is 5.10 Å². The zero-order valence-electron chi connectivity index (χ0n) is 23.8. The summed E-state index contributed by atoms with van der Waals surface area (Å²) in [5.41, 5.74) is 14.8. The summed E-state index contributed by atoms with van der Waals surface area (Å²) in [6, 6.07) is 40.2. The maximum absolute atomic E-state index is 6.00. The van der Waals surface area contributed by atoms with Gasteiger partial charge in [0.15, 0.2) is 0 Å². The standard InChI is InChI=1S/C31H27N5.2C2H6/c32-31(35-33-23-29(27-17-9-3-10-18-27)21-25-13-5-1-6-14-25)36-34-24-30(28-19-11-4-12-20-28)22-26-15-7-2-8-16-26;2*1-2/h1-24H,(H3,32,35,36);2*1-2H3/b29-21-,30-22-,33-23+,34-24+;;. The van der Waals surface area contributed by atoms with Crippen molar-refractivity contribution in [3.8, 4) is 0 Å². The summed E-state index contributed by atoms with van der Waals surface area (Å²) in [5.74, 6) is 0.0849. The van der Waals surface area contributed by atoms with Crippen LogP contribution in [0.25, 0.3) is 23.3 Å². The van der Waals surface area contributed by atoms with Crippen LogP contribution in [-0.4, -0.2) is 18.4 Å². The van der Waals surface area contributed by atoms with Crippen molar-refractivity contribution in [2.75, 3.05) is 0 Å². The summed E-state index contributed by atoms with van der Waals surface area (Å²) < 4.78 is 0. The number of hydrogen-bond acceptors (Lipinski definition) is 3. The minimum Gasteiger partial charge on any atom is -0.367 e. The summed E-state index contributed by atoms with van der Waals surface area (Å²) in [6.45, 7) is 8.00. The van der Waals surface area contributed by atoms with Crippen LogP contribution in [-0.2, 0) is 0 Å². The summed E-state index contributed by atoms with van der Waals surface area (Å²) >= 11 is 0. The van der Waals surface area contributed by atoms with E-state index in [2.05, 4.69) is 32.9 Å². The predicted molar refractivity (Wildman–Crippen MR) is 176 cm³/mol. The fraction of sp³-hybridized carbons (Fsp3) is 0.114. The molecule has 0 aromatic heterocycles. The van der Waals surface area contributed by atoms with Crippen LogP contribution >= 0.6 is 0 Å². The number of benzene rings is 4. The zero-order chi connectivity index (χ0) is 28.8. The summed E-state index contributed by atoms with van der Waals surface area (Å²) in [6.07, 6.45) is 7.52. The van der Waals surface area contributed by atoms with Crippen LogP contribution in [0, 0.1) is 0 Å². The molecular weight excluding hydrogens is 490 g/mol. The number of nitrogens with one attached hydrogen (secondary N) is 1. The molecule has 5 nitrogen and oxygen atoms in total. The Labute approximate surface area is 239 Å². The molecule has 0 atom stereocenters. The second kappa shape index (κ2) is 19.1. The van der Waals surface area contributed by atoms with Gasteiger partial charge in [-0.1, -0.05) is 149 Å². The minimum atomic E-state index is 0.0849. The Balaban J connectivity index is 0.00000134. The van der Waals surface area contributed by atoms with Crippen LogP contribution in [0.15, 0.2) is 137 Å². The van der Waals surface area contributed by atoms with E-state index in [4.69, 9.17) is 5.73 Å². The van der Waals surface area contributed by atoms with Crippen LogP contribution in [0.4, 0.5) is 0 Å². The van der Waals surface area contributed by atoms with E-state index >= 15 is 0 Å². The van der Waals surface area contributed by atoms with Crippen molar-refractivity contribution in [1.82, 2.24) is 5.43 Å². The normalized spacial score (nSPS) is 11.8. The van der Waals surface area contributed by atoms with Gasteiger partial charge in [0.1, 0.15) is 0 Å². The zero-order valence-corrected chi connectivity index (χ0v) is 23.8.